The quantitative estimate of drug-likeness (QED) is 0.865. The first-order valence-electron chi connectivity index (χ1n) is 7.07. The molecule has 98 valence electrons. The molecule has 1 saturated heterocycles. The van der Waals surface area contributed by atoms with Crippen LogP contribution in [0.3, 0.4) is 0 Å². The van der Waals surface area contributed by atoms with Crippen LogP contribution in [0.5, 0.6) is 5.75 Å². The molecule has 2 aliphatic heterocycles. The van der Waals surface area contributed by atoms with Crippen molar-refractivity contribution < 1.29 is 4.74 Å². The summed E-state index contributed by atoms with van der Waals surface area (Å²) in [6.07, 6.45) is 2.33. The minimum absolute atomic E-state index is 0.547. The maximum atomic E-state index is 5.76. The van der Waals surface area contributed by atoms with Crippen LogP contribution in [0.2, 0.25) is 0 Å². The molecular weight excluding hydrogens is 224 g/mol. The molecule has 1 aromatic rings. The Kier molecular flexibility index (Phi) is 3.52. The number of ether oxygens (including phenoxy) is 1. The van der Waals surface area contributed by atoms with Crippen LogP contribution in [0.1, 0.15) is 31.4 Å². The van der Waals surface area contributed by atoms with E-state index in [1.807, 2.05) is 0 Å². The second kappa shape index (κ2) is 5.29. The van der Waals surface area contributed by atoms with Crippen LogP contribution in [-0.4, -0.2) is 37.2 Å². The second-order valence-electron chi connectivity index (χ2n) is 5.24. The summed E-state index contributed by atoms with van der Waals surface area (Å²) in [5, 5.41) is 3.59. The molecule has 0 radical (unpaired) electrons. The van der Waals surface area contributed by atoms with E-state index in [1.54, 1.807) is 0 Å². The Hall–Kier alpha value is -1.06. The maximum absolute atomic E-state index is 5.76. The van der Waals surface area contributed by atoms with Crippen molar-refractivity contribution in [3.63, 3.8) is 0 Å². The highest BCUT2D eigenvalue weighted by Crippen LogP contribution is 2.36. The Morgan fingerprint density at radius 1 is 1.39 bits per heavy atom. The molecule has 0 amide bonds. The van der Waals surface area contributed by atoms with Crippen LogP contribution in [0.15, 0.2) is 24.3 Å². The van der Waals surface area contributed by atoms with Gasteiger partial charge in [0.2, 0.25) is 0 Å². The summed E-state index contributed by atoms with van der Waals surface area (Å²) >= 11 is 0. The second-order valence-corrected chi connectivity index (χ2v) is 5.24. The molecule has 0 saturated carbocycles. The van der Waals surface area contributed by atoms with E-state index in [0.29, 0.717) is 12.1 Å². The summed E-state index contributed by atoms with van der Waals surface area (Å²) < 4.78 is 5.76. The molecule has 0 aliphatic carbocycles. The van der Waals surface area contributed by atoms with E-state index in [0.717, 1.165) is 38.4 Å². The van der Waals surface area contributed by atoms with Gasteiger partial charge in [0.15, 0.2) is 0 Å². The number of benzene rings is 1. The molecule has 3 heteroatoms. The highest BCUT2D eigenvalue weighted by atomic mass is 16.5. The third-order valence-electron chi connectivity index (χ3n) is 4.15. The van der Waals surface area contributed by atoms with Crippen LogP contribution in [0.25, 0.3) is 0 Å². The monoisotopic (exact) mass is 246 g/mol. The fourth-order valence-electron chi connectivity index (χ4n) is 3.11. The van der Waals surface area contributed by atoms with Crippen molar-refractivity contribution in [2.24, 2.45) is 0 Å². The molecule has 1 N–H and O–H groups in total. The lowest BCUT2D eigenvalue weighted by atomic mass is 9.97. The van der Waals surface area contributed by atoms with Crippen molar-refractivity contribution in [3.8, 4) is 5.75 Å². The predicted molar refractivity (Wildman–Crippen MR) is 72.9 cm³/mol. The number of fused-ring (bicyclic) bond motifs is 1. The molecule has 1 fully saturated rings. The Morgan fingerprint density at radius 2 is 2.28 bits per heavy atom. The lowest BCUT2D eigenvalue weighted by Crippen LogP contribution is -2.51. The molecule has 2 aliphatic rings. The van der Waals surface area contributed by atoms with Gasteiger partial charge in [-0.3, -0.25) is 4.90 Å². The van der Waals surface area contributed by atoms with Crippen molar-refractivity contribution >= 4 is 0 Å². The van der Waals surface area contributed by atoms with Crippen molar-refractivity contribution in [1.82, 2.24) is 10.2 Å². The molecule has 3 rings (SSSR count). The fraction of sp³-hybridized carbons (Fsp3) is 0.600. The molecular formula is C15H22N2O. The average Bonchev–Trinajstić information content (AvgIpc) is 2.47. The average molecular weight is 246 g/mol. The summed E-state index contributed by atoms with van der Waals surface area (Å²) in [7, 11) is 0. The molecule has 1 aromatic carbocycles. The number of para-hydroxylation sites is 1. The van der Waals surface area contributed by atoms with E-state index in [2.05, 4.69) is 41.4 Å². The van der Waals surface area contributed by atoms with Crippen molar-refractivity contribution in [1.29, 1.82) is 0 Å². The molecule has 0 spiro atoms. The van der Waals surface area contributed by atoms with Gasteiger partial charge >= 0.3 is 0 Å². The van der Waals surface area contributed by atoms with Gasteiger partial charge in [-0.15, -0.1) is 0 Å². The van der Waals surface area contributed by atoms with Crippen LogP contribution >= 0.6 is 0 Å². The van der Waals surface area contributed by atoms with E-state index in [-0.39, 0.29) is 0 Å². The number of nitrogens with zero attached hydrogens (tertiary/aromatic N) is 1. The zero-order chi connectivity index (χ0) is 12.4. The Labute approximate surface area is 109 Å². The molecule has 18 heavy (non-hydrogen) atoms. The number of hydrogen-bond acceptors (Lipinski definition) is 3. The number of rotatable bonds is 2. The van der Waals surface area contributed by atoms with E-state index in [1.165, 1.54) is 12.0 Å². The Bertz CT molecular complexity index is 407. The smallest absolute Gasteiger partial charge is 0.124 e. The van der Waals surface area contributed by atoms with Gasteiger partial charge < -0.3 is 10.1 Å². The van der Waals surface area contributed by atoms with E-state index < -0.39 is 0 Å². The first-order chi connectivity index (χ1) is 8.88. The fourth-order valence-corrected chi connectivity index (χ4v) is 3.11. The van der Waals surface area contributed by atoms with Crippen molar-refractivity contribution in [2.75, 3.05) is 26.2 Å². The molecule has 2 heterocycles. The van der Waals surface area contributed by atoms with Gasteiger partial charge in [0, 0.05) is 43.7 Å². The van der Waals surface area contributed by atoms with E-state index in [9.17, 15) is 0 Å². The molecule has 3 nitrogen and oxygen atoms in total. The van der Waals surface area contributed by atoms with Crippen LogP contribution in [0.4, 0.5) is 0 Å². The maximum Gasteiger partial charge on any atom is 0.124 e. The third-order valence-corrected chi connectivity index (χ3v) is 4.15. The van der Waals surface area contributed by atoms with E-state index in [4.69, 9.17) is 4.74 Å². The largest absolute Gasteiger partial charge is 0.493 e. The normalized spacial score (nSPS) is 28.5. The van der Waals surface area contributed by atoms with Gasteiger partial charge in [0.1, 0.15) is 5.75 Å². The molecule has 2 unspecified atom stereocenters. The standard InChI is InChI=1S/C15H22N2O/c1-2-12-11-17(9-8-16-12)14-7-10-18-15-6-4-3-5-13(14)15/h3-6,12,14,16H,2,7-11H2,1H3. The summed E-state index contributed by atoms with van der Waals surface area (Å²) in [5.74, 6) is 1.08. The zero-order valence-electron chi connectivity index (χ0n) is 11.1. The van der Waals surface area contributed by atoms with Crippen LogP contribution < -0.4 is 10.1 Å². The summed E-state index contributed by atoms with van der Waals surface area (Å²) in [4.78, 5) is 2.63. The SMILES string of the molecule is CCC1CN(C2CCOc3ccccc32)CCN1. The van der Waals surface area contributed by atoms with Gasteiger partial charge in [0.05, 0.1) is 6.61 Å². The Morgan fingerprint density at radius 3 is 3.17 bits per heavy atom. The highest BCUT2D eigenvalue weighted by Gasteiger charge is 2.29. The number of piperazine rings is 1. The molecule has 0 bridgehead atoms. The van der Waals surface area contributed by atoms with Crippen LogP contribution in [0, 0.1) is 0 Å². The van der Waals surface area contributed by atoms with E-state index >= 15 is 0 Å². The van der Waals surface area contributed by atoms with Crippen molar-refractivity contribution in [2.45, 2.75) is 31.8 Å². The van der Waals surface area contributed by atoms with Gasteiger partial charge in [-0.1, -0.05) is 25.1 Å². The minimum Gasteiger partial charge on any atom is -0.493 e. The van der Waals surface area contributed by atoms with Gasteiger partial charge in [-0.25, -0.2) is 0 Å². The predicted octanol–water partition coefficient (Wildman–Crippen LogP) is 2.19. The summed E-state index contributed by atoms with van der Waals surface area (Å²) in [6.45, 7) is 6.53. The third kappa shape index (κ3) is 2.25. The zero-order valence-corrected chi connectivity index (χ0v) is 11.1. The molecule has 2 atom stereocenters. The lowest BCUT2D eigenvalue weighted by molar-refractivity contribution is 0.105. The highest BCUT2D eigenvalue weighted by molar-refractivity contribution is 5.37. The number of nitrogens with one attached hydrogen (secondary N) is 1. The van der Waals surface area contributed by atoms with Gasteiger partial charge in [-0.05, 0) is 12.5 Å². The van der Waals surface area contributed by atoms with Gasteiger partial charge in [-0.2, -0.15) is 0 Å². The van der Waals surface area contributed by atoms with Crippen LogP contribution in [-0.2, 0) is 0 Å². The first-order valence-corrected chi connectivity index (χ1v) is 7.07. The number of hydrogen-bond donors (Lipinski definition) is 1. The topological polar surface area (TPSA) is 24.5 Å². The minimum atomic E-state index is 0.547. The first kappa shape index (κ1) is 12.0. The summed E-state index contributed by atoms with van der Waals surface area (Å²) in [6, 6.07) is 9.71. The Balaban J connectivity index is 1.80. The summed E-state index contributed by atoms with van der Waals surface area (Å²) in [5.41, 5.74) is 1.38. The molecule has 0 aromatic heterocycles. The lowest BCUT2D eigenvalue weighted by Gasteiger charge is -2.41. The van der Waals surface area contributed by atoms with Crippen molar-refractivity contribution in [3.05, 3.63) is 29.8 Å². The van der Waals surface area contributed by atoms with Gasteiger partial charge in [0.25, 0.3) is 0 Å².